The van der Waals surface area contributed by atoms with E-state index in [9.17, 15) is 18.8 Å². The number of amidine groups is 1. The van der Waals surface area contributed by atoms with E-state index in [4.69, 9.17) is 15.7 Å². The number of hydrogen-bond donors (Lipinski definition) is 3. The first kappa shape index (κ1) is 22.1. The lowest BCUT2D eigenvalue weighted by atomic mass is 10.0. The van der Waals surface area contributed by atoms with Gasteiger partial charge in [-0.05, 0) is 32.9 Å². The number of Topliss-reactive ketones (excluding diaryl/α,β-unsaturated/α-hetero) is 1. The Kier molecular flexibility index (Phi) is 5.87. The number of nitrogens with zero attached hydrogens (tertiary/aromatic N) is 3. The van der Waals surface area contributed by atoms with Crippen molar-refractivity contribution in [1.82, 2.24) is 14.8 Å². The summed E-state index contributed by atoms with van der Waals surface area (Å²) in [4.78, 5) is 43.2. The second-order valence-electron chi connectivity index (χ2n) is 8.12. The number of halogens is 1. The van der Waals surface area contributed by atoms with E-state index in [-0.39, 0.29) is 54.0 Å². The van der Waals surface area contributed by atoms with Gasteiger partial charge in [-0.1, -0.05) is 5.16 Å². The molecule has 4 N–H and O–H groups in total. The van der Waals surface area contributed by atoms with Crippen molar-refractivity contribution in [2.45, 2.75) is 26.4 Å². The van der Waals surface area contributed by atoms with Crippen LogP contribution in [0.2, 0.25) is 0 Å². The van der Waals surface area contributed by atoms with Gasteiger partial charge < -0.3 is 30.5 Å². The summed E-state index contributed by atoms with van der Waals surface area (Å²) in [6.45, 7) is 5.99. The highest BCUT2D eigenvalue weighted by Gasteiger charge is 2.32. The van der Waals surface area contributed by atoms with Gasteiger partial charge in [0.25, 0.3) is 11.7 Å². The molecule has 1 aliphatic rings. The molecule has 3 rings (SSSR count). The van der Waals surface area contributed by atoms with Gasteiger partial charge in [0.15, 0.2) is 5.84 Å². The molecule has 0 saturated carbocycles. The predicted octanol–water partition coefficient (Wildman–Crippen LogP) is 1.66. The Balaban J connectivity index is 1.77. The minimum absolute atomic E-state index is 0.116. The summed E-state index contributed by atoms with van der Waals surface area (Å²) < 4.78 is 19.8. The number of piperazine rings is 1. The third-order valence-corrected chi connectivity index (χ3v) is 4.83. The molecule has 1 aromatic heterocycles. The molecule has 31 heavy (non-hydrogen) atoms. The van der Waals surface area contributed by atoms with E-state index in [1.54, 1.807) is 20.8 Å². The Hall–Kier alpha value is -3.63. The zero-order valence-electron chi connectivity index (χ0n) is 17.4. The smallest absolute Gasteiger partial charge is 0.410 e. The van der Waals surface area contributed by atoms with Gasteiger partial charge in [0.2, 0.25) is 0 Å². The van der Waals surface area contributed by atoms with Crippen molar-refractivity contribution in [2.75, 3.05) is 26.2 Å². The first-order valence-electron chi connectivity index (χ1n) is 9.62. The summed E-state index contributed by atoms with van der Waals surface area (Å²) in [6, 6.07) is 2.37. The number of H-pyrrole nitrogens is 1. The van der Waals surface area contributed by atoms with Crippen molar-refractivity contribution in [2.24, 2.45) is 10.9 Å². The number of benzene rings is 1. The summed E-state index contributed by atoms with van der Waals surface area (Å²) in [5.74, 6) is -2.70. The monoisotopic (exact) mass is 433 g/mol. The first-order chi connectivity index (χ1) is 14.5. The number of nitrogens with one attached hydrogen (secondary N) is 1. The number of fused-ring (bicyclic) bond motifs is 1. The summed E-state index contributed by atoms with van der Waals surface area (Å²) >= 11 is 0. The molecular formula is C20H24FN5O5. The molecule has 2 aromatic rings. The van der Waals surface area contributed by atoms with Gasteiger partial charge in [0.05, 0.1) is 11.1 Å². The van der Waals surface area contributed by atoms with Gasteiger partial charge in [-0.25, -0.2) is 9.18 Å². The third-order valence-electron chi connectivity index (χ3n) is 4.83. The maximum atomic E-state index is 14.5. The number of rotatable bonds is 3. The van der Waals surface area contributed by atoms with E-state index < -0.39 is 29.2 Å². The molecule has 1 saturated heterocycles. The van der Waals surface area contributed by atoms with E-state index in [2.05, 4.69) is 10.1 Å². The Morgan fingerprint density at radius 3 is 2.32 bits per heavy atom. The molecule has 0 atom stereocenters. The first-order valence-corrected chi connectivity index (χ1v) is 9.62. The molecule has 0 spiro atoms. The van der Waals surface area contributed by atoms with E-state index in [0.29, 0.717) is 0 Å². The van der Waals surface area contributed by atoms with Crippen LogP contribution < -0.4 is 5.73 Å². The molecule has 1 fully saturated rings. The van der Waals surface area contributed by atoms with Crippen LogP contribution in [0.4, 0.5) is 9.18 Å². The third kappa shape index (κ3) is 4.44. The summed E-state index contributed by atoms with van der Waals surface area (Å²) in [7, 11) is 0. The summed E-state index contributed by atoms with van der Waals surface area (Å²) in [5.41, 5.74) is 5.14. The quantitative estimate of drug-likeness (QED) is 0.168. The van der Waals surface area contributed by atoms with Crippen molar-refractivity contribution in [3.8, 4) is 0 Å². The van der Waals surface area contributed by atoms with Crippen LogP contribution in [0, 0.1) is 5.82 Å². The molecule has 1 aliphatic heterocycles. The van der Waals surface area contributed by atoms with Gasteiger partial charge in [0, 0.05) is 43.3 Å². The van der Waals surface area contributed by atoms with Crippen LogP contribution in [0.3, 0.4) is 0 Å². The molecule has 2 amide bonds. The lowest BCUT2D eigenvalue weighted by Crippen LogP contribution is -2.53. The maximum absolute atomic E-state index is 14.5. The number of ketones is 1. The Bertz CT molecular complexity index is 1060. The molecule has 1 aromatic carbocycles. The van der Waals surface area contributed by atoms with Gasteiger partial charge >= 0.3 is 6.09 Å². The van der Waals surface area contributed by atoms with Crippen LogP contribution in [0.25, 0.3) is 10.9 Å². The highest BCUT2D eigenvalue weighted by atomic mass is 19.1. The van der Waals surface area contributed by atoms with E-state index in [1.807, 2.05) is 0 Å². The minimum atomic E-state index is -0.896. The van der Waals surface area contributed by atoms with Crippen LogP contribution in [-0.2, 0) is 9.53 Å². The normalized spacial score (nSPS) is 15.3. The highest BCUT2D eigenvalue weighted by molar-refractivity contribution is 6.45. The number of amides is 2. The largest absolute Gasteiger partial charge is 0.444 e. The van der Waals surface area contributed by atoms with Crippen molar-refractivity contribution >= 4 is 34.5 Å². The predicted molar refractivity (Wildman–Crippen MR) is 109 cm³/mol. The van der Waals surface area contributed by atoms with Gasteiger partial charge in [-0.15, -0.1) is 0 Å². The average Bonchev–Trinajstić information content (AvgIpc) is 3.17. The molecule has 2 heterocycles. The lowest BCUT2D eigenvalue weighted by Gasteiger charge is -2.35. The number of aromatic amines is 1. The second-order valence-corrected chi connectivity index (χ2v) is 8.12. The molecule has 166 valence electrons. The topological polar surface area (TPSA) is 141 Å². The number of carbonyl (C=O) groups is 3. The summed E-state index contributed by atoms with van der Waals surface area (Å²) in [5, 5.41) is 11.7. The number of carbonyl (C=O) groups excluding carboxylic acids is 3. The average molecular weight is 433 g/mol. The number of hydrogen-bond acceptors (Lipinski definition) is 6. The fraction of sp³-hybridized carbons (Fsp3) is 0.400. The zero-order valence-corrected chi connectivity index (χ0v) is 17.4. The minimum Gasteiger partial charge on any atom is -0.444 e. The van der Waals surface area contributed by atoms with Crippen molar-refractivity contribution in [1.29, 1.82) is 0 Å². The van der Waals surface area contributed by atoms with Crippen LogP contribution in [0.15, 0.2) is 23.5 Å². The number of ether oxygens (including phenoxy) is 1. The Labute approximate surface area is 177 Å². The SMILES string of the molecule is CC(C)(C)OC(=O)N1CCN(C(=O)C(=O)c2c[nH]c3c(C(N)=NO)ccc(F)c23)CC1. The highest BCUT2D eigenvalue weighted by Crippen LogP contribution is 2.26. The fourth-order valence-corrected chi connectivity index (χ4v) is 3.33. The van der Waals surface area contributed by atoms with Crippen LogP contribution >= 0.6 is 0 Å². The summed E-state index contributed by atoms with van der Waals surface area (Å²) in [6.07, 6.45) is 0.735. The van der Waals surface area contributed by atoms with E-state index in [1.165, 1.54) is 22.1 Å². The number of nitrogens with two attached hydrogens (primary N) is 1. The second kappa shape index (κ2) is 8.25. The van der Waals surface area contributed by atoms with E-state index >= 15 is 0 Å². The lowest BCUT2D eigenvalue weighted by molar-refractivity contribution is -0.128. The van der Waals surface area contributed by atoms with E-state index in [0.717, 1.165) is 6.07 Å². The van der Waals surface area contributed by atoms with Gasteiger partial charge in [0.1, 0.15) is 11.4 Å². The number of oxime groups is 1. The Morgan fingerprint density at radius 2 is 1.74 bits per heavy atom. The van der Waals surface area contributed by atoms with Crippen molar-refractivity contribution < 1.29 is 28.7 Å². The van der Waals surface area contributed by atoms with Gasteiger partial charge in [-0.3, -0.25) is 9.59 Å². The van der Waals surface area contributed by atoms with Crippen LogP contribution in [0.5, 0.6) is 0 Å². The maximum Gasteiger partial charge on any atom is 0.410 e. The molecule has 10 nitrogen and oxygen atoms in total. The Morgan fingerprint density at radius 1 is 1.13 bits per heavy atom. The standard InChI is InChI=1S/C20H24FN5O5/c1-20(2,3)31-19(29)26-8-6-25(7-9-26)18(28)16(27)12-10-23-15-11(17(22)24-30)4-5-13(21)14(12)15/h4-5,10,23,30H,6-9H2,1-3H3,(H2,22,24). The number of aromatic nitrogens is 1. The zero-order chi connectivity index (χ0) is 22.9. The van der Waals surface area contributed by atoms with Crippen molar-refractivity contribution in [3.05, 3.63) is 35.3 Å². The molecule has 0 aliphatic carbocycles. The molecule has 0 bridgehead atoms. The van der Waals surface area contributed by atoms with Crippen LogP contribution in [0.1, 0.15) is 36.7 Å². The van der Waals surface area contributed by atoms with Crippen LogP contribution in [-0.4, -0.2) is 75.4 Å². The molecule has 0 unspecified atom stereocenters. The molecule has 11 heteroatoms. The van der Waals surface area contributed by atoms with Gasteiger partial charge in [-0.2, -0.15) is 0 Å². The van der Waals surface area contributed by atoms with Crippen molar-refractivity contribution in [3.63, 3.8) is 0 Å². The molecule has 0 radical (unpaired) electrons. The molecular weight excluding hydrogens is 409 g/mol. The fourth-order valence-electron chi connectivity index (χ4n) is 3.33.